The summed E-state index contributed by atoms with van der Waals surface area (Å²) in [6, 6.07) is 37.5. The second-order valence-corrected chi connectivity index (χ2v) is 20.4. The Hall–Kier alpha value is -5.07. The van der Waals surface area contributed by atoms with Gasteiger partial charge in [-0.15, -0.1) is 42.7 Å². The summed E-state index contributed by atoms with van der Waals surface area (Å²) in [5, 5.41) is 0.494. The van der Waals surface area contributed by atoms with Crippen molar-refractivity contribution in [1.29, 1.82) is 0 Å². The van der Waals surface area contributed by atoms with Gasteiger partial charge in [0, 0.05) is 61.3 Å². The van der Waals surface area contributed by atoms with E-state index in [1.54, 1.807) is 29.0 Å². The Morgan fingerprint density at radius 3 is 1.84 bits per heavy atom. The van der Waals surface area contributed by atoms with E-state index in [0.717, 1.165) is 28.7 Å². The van der Waals surface area contributed by atoms with E-state index >= 15 is 13.2 Å². The maximum absolute atomic E-state index is 15.2. The molecule has 0 fully saturated rings. The molecule has 0 saturated heterocycles. The first-order valence-corrected chi connectivity index (χ1v) is 20.9. The molecule has 0 bridgehead atoms. The van der Waals surface area contributed by atoms with Gasteiger partial charge in [-0.05, 0) is 97.3 Å². The average Bonchev–Trinajstić information content (AvgIpc) is 3.72. The van der Waals surface area contributed by atoms with Crippen molar-refractivity contribution in [3.8, 4) is 17.3 Å². The van der Waals surface area contributed by atoms with Crippen molar-refractivity contribution in [2.45, 2.75) is 111 Å². The Morgan fingerprint density at radius 2 is 1.21 bits per heavy atom. The molecule has 2 aromatic heterocycles. The summed E-state index contributed by atoms with van der Waals surface area (Å²) in [7, 11) is 0. The summed E-state index contributed by atoms with van der Waals surface area (Å²) in [5.41, 5.74) is 7.82. The number of rotatable bonds is 5. The number of ether oxygens (including phenoxy) is 1. The minimum atomic E-state index is -4.69. The van der Waals surface area contributed by atoms with Crippen molar-refractivity contribution in [2.24, 2.45) is 0 Å². The number of aromatic nitrogens is 2. The van der Waals surface area contributed by atoms with E-state index in [4.69, 9.17) is 4.74 Å². The van der Waals surface area contributed by atoms with Crippen LogP contribution < -0.4 is 14.5 Å². The molecular weight excluding hydrogens is 961 g/mol. The van der Waals surface area contributed by atoms with Gasteiger partial charge in [0.05, 0.1) is 0 Å². The quantitative estimate of drug-likeness (QED) is 0.161. The van der Waals surface area contributed by atoms with Crippen LogP contribution in [0.15, 0.2) is 103 Å². The third-order valence-corrected chi connectivity index (χ3v) is 11.6. The summed E-state index contributed by atoms with van der Waals surface area (Å²) >= 11 is 0. The molecule has 3 heterocycles. The number of halogens is 3. The van der Waals surface area contributed by atoms with Crippen molar-refractivity contribution in [1.82, 2.24) is 9.55 Å². The molecule has 0 spiro atoms. The Labute approximate surface area is 379 Å². The molecular formula is C53H54F3N4OPt-3. The van der Waals surface area contributed by atoms with Crippen LogP contribution in [0.2, 0.25) is 0 Å². The summed E-state index contributed by atoms with van der Waals surface area (Å²) in [6.07, 6.45) is -2.99. The van der Waals surface area contributed by atoms with E-state index in [2.05, 4.69) is 153 Å². The predicted molar refractivity (Wildman–Crippen MR) is 244 cm³/mol. The van der Waals surface area contributed by atoms with E-state index in [0.29, 0.717) is 22.4 Å². The van der Waals surface area contributed by atoms with Gasteiger partial charge in [0.15, 0.2) is 0 Å². The zero-order chi connectivity index (χ0) is 44.0. The molecule has 5 aromatic carbocycles. The molecule has 0 aliphatic carbocycles. The molecule has 9 heteroatoms. The normalized spacial score (nSPS) is 13.8. The van der Waals surface area contributed by atoms with E-state index in [-0.39, 0.29) is 65.1 Å². The summed E-state index contributed by atoms with van der Waals surface area (Å²) in [6.45, 7) is 28.3. The van der Waals surface area contributed by atoms with Crippen LogP contribution in [0.4, 0.5) is 35.9 Å². The number of nitrogens with zero attached hydrogens (tertiary/aromatic N) is 4. The van der Waals surface area contributed by atoms with Crippen molar-refractivity contribution in [3.05, 3.63) is 150 Å². The number of para-hydroxylation sites is 1. The molecule has 1 aliphatic rings. The van der Waals surface area contributed by atoms with Gasteiger partial charge in [0.25, 0.3) is 0 Å². The number of hydrogen-bond donors (Lipinski definition) is 0. The van der Waals surface area contributed by atoms with Gasteiger partial charge in [-0.1, -0.05) is 124 Å². The zero-order valence-corrected chi connectivity index (χ0v) is 39.8. The van der Waals surface area contributed by atoms with Gasteiger partial charge in [-0.2, -0.15) is 19.2 Å². The fraction of sp³-hybridized carbons (Fsp3) is 0.321. The molecule has 8 rings (SSSR count). The molecule has 62 heavy (non-hydrogen) atoms. The topological polar surface area (TPSA) is 33.5 Å². The first kappa shape index (κ1) is 45.0. The van der Waals surface area contributed by atoms with Gasteiger partial charge in [-0.25, -0.2) is 4.98 Å². The van der Waals surface area contributed by atoms with Gasteiger partial charge in [0.2, 0.25) is 0 Å². The number of fused-ring (bicyclic) bond motifs is 4. The monoisotopic (exact) mass is 1010 g/mol. The smallest absolute Gasteiger partial charge is 0.395 e. The third-order valence-electron chi connectivity index (χ3n) is 11.6. The molecule has 0 atom stereocenters. The SMILES string of the molecule is CC(C)(C)c1cc(N2[CH-]N(c3[c-]c(Oc4[c-]c5c(c(C(F)(F)F)c4)c4ccccc4n5-c4cc(C(C)(C)C)ccn4)ccc3)c3cc(C(C)(C)C)ccc32)cc(C(C)(C)C)c1.[Pt]. The number of pyridine rings is 1. The Balaban J connectivity index is 0.00000578. The zero-order valence-electron chi connectivity index (χ0n) is 37.5. The fourth-order valence-corrected chi connectivity index (χ4v) is 7.91. The fourth-order valence-electron chi connectivity index (χ4n) is 7.91. The first-order valence-electron chi connectivity index (χ1n) is 20.9. The maximum atomic E-state index is 15.2. The Bertz CT molecular complexity index is 2780. The summed E-state index contributed by atoms with van der Waals surface area (Å²) < 4.78 is 53.6. The number of benzene rings is 5. The molecule has 1 aliphatic heterocycles. The minimum Gasteiger partial charge on any atom is -0.509 e. The maximum Gasteiger partial charge on any atom is 0.395 e. The third kappa shape index (κ3) is 8.52. The molecule has 326 valence electrons. The van der Waals surface area contributed by atoms with Crippen LogP contribution in [0.5, 0.6) is 11.5 Å². The van der Waals surface area contributed by atoms with E-state index < -0.39 is 11.7 Å². The van der Waals surface area contributed by atoms with E-state index in [1.165, 1.54) is 16.7 Å². The second-order valence-electron chi connectivity index (χ2n) is 20.4. The Kier molecular flexibility index (Phi) is 11.3. The largest absolute Gasteiger partial charge is 0.509 e. The van der Waals surface area contributed by atoms with Gasteiger partial charge < -0.3 is 19.1 Å². The van der Waals surface area contributed by atoms with Crippen LogP contribution in [0.1, 0.15) is 111 Å². The Morgan fingerprint density at radius 1 is 0.581 bits per heavy atom. The molecule has 0 saturated carbocycles. The van der Waals surface area contributed by atoms with E-state index in [1.807, 2.05) is 36.4 Å². The van der Waals surface area contributed by atoms with E-state index in [9.17, 15) is 0 Å². The van der Waals surface area contributed by atoms with Crippen LogP contribution in [0.3, 0.4) is 0 Å². The molecule has 0 unspecified atom stereocenters. The number of hydrogen-bond acceptors (Lipinski definition) is 4. The van der Waals surface area contributed by atoms with Crippen molar-refractivity contribution in [3.63, 3.8) is 0 Å². The molecule has 5 nitrogen and oxygen atoms in total. The van der Waals surface area contributed by atoms with Crippen molar-refractivity contribution < 1.29 is 39.0 Å². The number of anilines is 4. The average molecular weight is 1020 g/mol. The van der Waals surface area contributed by atoms with Crippen LogP contribution >= 0.6 is 0 Å². The first-order chi connectivity index (χ1) is 28.4. The molecule has 0 amide bonds. The van der Waals surface area contributed by atoms with Crippen LogP contribution in [-0.2, 0) is 48.9 Å². The van der Waals surface area contributed by atoms with Gasteiger partial charge in [0.1, 0.15) is 5.82 Å². The standard InChI is InChI=1S/C53H54F3N4O.Pt/c1-49(2,3)33-20-21-44-45(27-33)58(32-59(44)38-25-35(51(7,8)9)24-36(26-38)52(10,11)12)37-16-15-17-39(29-37)61-40-30-42(53(54,55)56)48-41-18-13-14-19-43(41)60(46(48)31-40)47-28-34(22-23-57-47)50(4,5)6;/h13-28,30,32H,1-12H3;/q-3;. The molecule has 0 radical (unpaired) electrons. The summed E-state index contributed by atoms with van der Waals surface area (Å²) in [4.78, 5) is 8.96. The van der Waals surface area contributed by atoms with Crippen LogP contribution in [-0.4, -0.2) is 9.55 Å². The van der Waals surface area contributed by atoms with Crippen molar-refractivity contribution >= 4 is 44.6 Å². The van der Waals surface area contributed by atoms with Crippen LogP contribution in [0.25, 0.3) is 27.6 Å². The minimum absolute atomic E-state index is 0. The summed E-state index contributed by atoms with van der Waals surface area (Å²) in [5.74, 6) is 0.668. The second kappa shape index (κ2) is 15.6. The predicted octanol–water partition coefficient (Wildman–Crippen LogP) is 15.2. The van der Waals surface area contributed by atoms with Gasteiger partial charge in [-0.3, -0.25) is 0 Å². The van der Waals surface area contributed by atoms with Gasteiger partial charge >= 0.3 is 6.18 Å². The molecule has 0 N–H and O–H groups in total. The van der Waals surface area contributed by atoms with Crippen molar-refractivity contribution in [2.75, 3.05) is 9.80 Å². The van der Waals surface area contributed by atoms with Crippen LogP contribution in [0, 0.1) is 18.8 Å². The molecule has 7 aromatic rings. The number of alkyl halides is 3.